The zero-order valence-electron chi connectivity index (χ0n) is 14.9. The number of halogens is 1. The normalized spacial score (nSPS) is 12.9. The predicted molar refractivity (Wildman–Crippen MR) is 110 cm³/mol. The molecule has 1 aromatic carbocycles. The number of aliphatic hydroxyl groups excluding tert-OH is 1. The first-order valence-electron chi connectivity index (χ1n) is 8.39. The molecule has 3 rings (SSSR count). The first-order chi connectivity index (χ1) is 13.0. The molecule has 4 N–H and O–H groups in total. The van der Waals surface area contributed by atoms with Gasteiger partial charge in [0.05, 0.1) is 16.6 Å². The quantitative estimate of drug-likeness (QED) is 0.450. The smallest absolute Gasteiger partial charge is 0.229 e. The number of rotatable bonds is 7. The summed E-state index contributed by atoms with van der Waals surface area (Å²) >= 11 is 3.42. The molecule has 0 amide bonds. The lowest BCUT2D eigenvalue weighted by atomic mass is 10.2. The second kappa shape index (κ2) is 8.74. The molecule has 3 aromatic rings. The van der Waals surface area contributed by atoms with Crippen LogP contribution in [-0.2, 0) is 0 Å². The van der Waals surface area contributed by atoms with Crippen molar-refractivity contribution in [2.45, 2.75) is 26.0 Å². The Morgan fingerprint density at radius 1 is 0.926 bits per heavy atom. The summed E-state index contributed by atoms with van der Waals surface area (Å²) < 4.78 is 0.725. The minimum Gasteiger partial charge on any atom is -0.391 e. The molecule has 0 radical (unpaired) electrons. The van der Waals surface area contributed by atoms with Gasteiger partial charge in [-0.1, -0.05) is 0 Å². The van der Waals surface area contributed by atoms with Crippen molar-refractivity contribution in [3.63, 3.8) is 0 Å². The van der Waals surface area contributed by atoms with Gasteiger partial charge in [-0.2, -0.15) is 4.98 Å². The van der Waals surface area contributed by atoms with Crippen molar-refractivity contribution in [2.75, 3.05) is 16.0 Å². The van der Waals surface area contributed by atoms with Crippen LogP contribution in [0.2, 0.25) is 0 Å². The fourth-order valence-electron chi connectivity index (χ4n) is 2.12. The molecule has 0 fully saturated rings. The minimum absolute atomic E-state index is 0.144. The van der Waals surface area contributed by atoms with Gasteiger partial charge in [-0.25, -0.2) is 15.0 Å². The van der Waals surface area contributed by atoms with Gasteiger partial charge >= 0.3 is 0 Å². The highest BCUT2D eigenvalue weighted by molar-refractivity contribution is 9.10. The van der Waals surface area contributed by atoms with Crippen LogP contribution < -0.4 is 16.0 Å². The van der Waals surface area contributed by atoms with E-state index in [-0.39, 0.29) is 6.04 Å². The van der Waals surface area contributed by atoms with Crippen LogP contribution in [0.25, 0.3) is 0 Å². The summed E-state index contributed by atoms with van der Waals surface area (Å²) in [6.07, 6.45) is 4.52. The Kier molecular flexibility index (Phi) is 6.15. The lowest BCUT2D eigenvalue weighted by Gasteiger charge is -2.18. The monoisotopic (exact) mass is 429 g/mol. The second-order valence-corrected chi connectivity index (χ2v) is 6.82. The Labute approximate surface area is 165 Å². The Bertz CT molecular complexity index is 875. The van der Waals surface area contributed by atoms with Gasteiger partial charge in [0, 0.05) is 30.0 Å². The van der Waals surface area contributed by atoms with E-state index in [1.54, 1.807) is 31.6 Å². The molecule has 0 aliphatic rings. The molecule has 0 aliphatic carbocycles. The van der Waals surface area contributed by atoms with Gasteiger partial charge in [0.25, 0.3) is 0 Å². The summed E-state index contributed by atoms with van der Waals surface area (Å²) in [6.45, 7) is 3.61. The van der Waals surface area contributed by atoms with Crippen LogP contribution in [0.5, 0.6) is 0 Å². The first-order valence-corrected chi connectivity index (χ1v) is 9.19. The van der Waals surface area contributed by atoms with Crippen molar-refractivity contribution in [3.05, 3.63) is 53.4 Å². The van der Waals surface area contributed by atoms with Crippen molar-refractivity contribution in [1.82, 2.24) is 19.9 Å². The number of anilines is 5. The first kappa shape index (κ1) is 19.0. The maximum absolute atomic E-state index is 9.66. The number of aliphatic hydroxyl groups is 1. The maximum atomic E-state index is 9.66. The van der Waals surface area contributed by atoms with Gasteiger partial charge in [0.15, 0.2) is 0 Å². The molecule has 0 bridgehead atoms. The Balaban J connectivity index is 1.68. The summed E-state index contributed by atoms with van der Waals surface area (Å²) in [4.78, 5) is 17.0. The SMILES string of the molecule is CC(O)[C@@H](C)Nc1nc(Nc2ccc(Nc3ncccn3)cc2)ncc1Br. The number of hydrogen-bond acceptors (Lipinski definition) is 8. The van der Waals surface area contributed by atoms with Gasteiger partial charge in [-0.3, -0.25) is 0 Å². The lowest BCUT2D eigenvalue weighted by Crippen LogP contribution is -2.28. The van der Waals surface area contributed by atoms with Gasteiger partial charge in [-0.15, -0.1) is 0 Å². The minimum atomic E-state index is -0.503. The topological polar surface area (TPSA) is 108 Å². The van der Waals surface area contributed by atoms with E-state index in [4.69, 9.17) is 0 Å². The van der Waals surface area contributed by atoms with Crippen LogP contribution in [-0.4, -0.2) is 37.2 Å². The van der Waals surface area contributed by atoms with Gasteiger partial charge < -0.3 is 21.1 Å². The second-order valence-electron chi connectivity index (χ2n) is 5.96. The van der Waals surface area contributed by atoms with Crippen molar-refractivity contribution < 1.29 is 5.11 Å². The summed E-state index contributed by atoms with van der Waals surface area (Å²) in [5.74, 6) is 1.60. The van der Waals surface area contributed by atoms with E-state index >= 15 is 0 Å². The zero-order chi connectivity index (χ0) is 19.2. The fourth-order valence-corrected chi connectivity index (χ4v) is 2.43. The van der Waals surface area contributed by atoms with E-state index in [0.717, 1.165) is 15.8 Å². The fraction of sp³-hybridized carbons (Fsp3) is 0.222. The Morgan fingerprint density at radius 3 is 2.11 bits per heavy atom. The number of aromatic nitrogens is 4. The number of nitrogens with zero attached hydrogens (tertiary/aromatic N) is 4. The third-order valence-electron chi connectivity index (χ3n) is 3.80. The van der Waals surface area contributed by atoms with E-state index in [9.17, 15) is 5.11 Å². The van der Waals surface area contributed by atoms with Crippen molar-refractivity contribution in [2.24, 2.45) is 0 Å². The third-order valence-corrected chi connectivity index (χ3v) is 4.38. The van der Waals surface area contributed by atoms with E-state index in [0.29, 0.717) is 17.7 Å². The van der Waals surface area contributed by atoms with Crippen LogP contribution in [0.15, 0.2) is 53.4 Å². The molecule has 2 aromatic heterocycles. The Hall–Kier alpha value is -2.78. The summed E-state index contributed by atoms with van der Waals surface area (Å²) in [6, 6.07) is 9.25. The molecule has 27 heavy (non-hydrogen) atoms. The molecule has 2 heterocycles. The van der Waals surface area contributed by atoms with Crippen molar-refractivity contribution >= 4 is 45.0 Å². The van der Waals surface area contributed by atoms with E-state index in [2.05, 4.69) is 51.8 Å². The highest BCUT2D eigenvalue weighted by Crippen LogP contribution is 2.24. The van der Waals surface area contributed by atoms with Crippen molar-refractivity contribution in [1.29, 1.82) is 0 Å². The standard InChI is InChI=1S/C18H20BrN7O/c1-11(12(2)27)23-16-15(19)10-22-18(26-16)25-14-6-4-13(5-7-14)24-17-20-8-3-9-21-17/h3-12,27H,1-2H3,(H,20,21,24)(H2,22,23,25,26)/t11-,12?/m1/s1. The molecule has 0 saturated carbocycles. The van der Waals surface area contributed by atoms with Crippen LogP contribution in [0.1, 0.15) is 13.8 Å². The Morgan fingerprint density at radius 2 is 1.52 bits per heavy atom. The van der Waals surface area contributed by atoms with E-state index in [1.165, 1.54) is 0 Å². The van der Waals surface area contributed by atoms with Crippen LogP contribution >= 0.6 is 15.9 Å². The summed E-state index contributed by atoms with van der Waals surface area (Å²) in [5.41, 5.74) is 1.71. The number of hydrogen-bond donors (Lipinski definition) is 4. The van der Waals surface area contributed by atoms with Gasteiger partial charge in [0.2, 0.25) is 11.9 Å². The van der Waals surface area contributed by atoms with Crippen LogP contribution in [0, 0.1) is 0 Å². The molecular formula is C18H20BrN7O. The summed E-state index contributed by atoms with van der Waals surface area (Å²) in [7, 11) is 0. The molecule has 0 aliphatic heterocycles. The molecule has 140 valence electrons. The summed E-state index contributed by atoms with van der Waals surface area (Å²) in [5, 5.41) is 19.1. The number of benzene rings is 1. The largest absolute Gasteiger partial charge is 0.391 e. The van der Waals surface area contributed by atoms with E-state index < -0.39 is 6.10 Å². The zero-order valence-corrected chi connectivity index (χ0v) is 16.5. The molecule has 8 nitrogen and oxygen atoms in total. The number of nitrogens with one attached hydrogen (secondary N) is 3. The van der Waals surface area contributed by atoms with Gasteiger partial charge in [0.1, 0.15) is 5.82 Å². The van der Waals surface area contributed by atoms with Crippen LogP contribution in [0.3, 0.4) is 0 Å². The van der Waals surface area contributed by atoms with Gasteiger partial charge in [-0.05, 0) is 60.1 Å². The van der Waals surface area contributed by atoms with E-state index in [1.807, 2.05) is 31.2 Å². The highest BCUT2D eigenvalue weighted by Gasteiger charge is 2.12. The average Bonchev–Trinajstić information content (AvgIpc) is 2.67. The molecule has 9 heteroatoms. The van der Waals surface area contributed by atoms with Crippen molar-refractivity contribution in [3.8, 4) is 0 Å². The molecule has 0 saturated heterocycles. The molecule has 2 atom stereocenters. The molecule has 1 unspecified atom stereocenters. The predicted octanol–water partition coefficient (Wildman–Crippen LogP) is 3.70. The third kappa shape index (κ3) is 5.35. The van der Waals surface area contributed by atoms with Crippen LogP contribution in [0.4, 0.5) is 29.1 Å². The average molecular weight is 430 g/mol. The molecular weight excluding hydrogens is 410 g/mol. The lowest BCUT2D eigenvalue weighted by molar-refractivity contribution is 0.177. The highest BCUT2D eigenvalue weighted by atomic mass is 79.9. The molecule has 0 spiro atoms. The maximum Gasteiger partial charge on any atom is 0.229 e.